The van der Waals surface area contributed by atoms with Crippen LogP contribution in [0.4, 0.5) is 0 Å². The maximum atomic E-state index is 11.8. The van der Waals surface area contributed by atoms with Gasteiger partial charge in [-0.3, -0.25) is 9.59 Å². The summed E-state index contributed by atoms with van der Waals surface area (Å²) < 4.78 is 10.8. The summed E-state index contributed by atoms with van der Waals surface area (Å²) >= 11 is 0. The van der Waals surface area contributed by atoms with Crippen molar-refractivity contribution >= 4 is 11.9 Å². The Kier molecular flexibility index (Phi) is 6.80. The molecule has 6 heteroatoms. The molecule has 0 bridgehead atoms. The lowest BCUT2D eigenvalue weighted by molar-refractivity contribution is -0.151. The Labute approximate surface area is 113 Å². The van der Waals surface area contributed by atoms with Gasteiger partial charge in [-0.15, -0.1) is 0 Å². The van der Waals surface area contributed by atoms with Crippen LogP contribution in [0.3, 0.4) is 0 Å². The number of amides is 1. The van der Waals surface area contributed by atoms with Crippen LogP contribution in [0.25, 0.3) is 0 Å². The summed E-state index contributed by atoms with van der Waals surface area (Å²) in [5.41, 5.74) is 0. The molecule has 1 heterocycles. The molecule has 1 atom stereocenters. The first-order valence-electron chi connectivity index (χ1n) is 6.77. The van der Waals surface area contributed by atoms with Gasteiger partial charge in [0.2, 0.25) is 5.91 Å². The zero-order valence-corrected chi connectivity index (χ0v) is 11.6. The van der Waals surface area contributed by atoms with Gasteiger partial charge < -0.3 is 19.5 Å². The number of carbonyl (C=O) groups excluding carboxylic acids is 1. The van der Waals surface area contributed by atoms with E-state index in [-0.39, 0.29) is 12.0 Å². The normalized spacial score (nSPS) is 18.3. The van der Waals surface area contributed by atoms with Crippen molar-refractivity contribution in [2.45, 2.75) is 32.8 Å². The fraction of sp³-hybridized carbons (Fsp3) is 0.846. The molecular weight excluding hydrogens is 250 g/mol. The Bertz CT molecular complexity index is 299. The van der Waals surface area contributed by atoms with E-state index in [1.807, 2.05) is 6.92 Å². The minimum atomic E-state index is -1.07. The Hall–Kier alpha value is -1.14. The molecule has 0 aromatic heterocycles. The van der Waals surface area contributed by atoms with Crippen LogP contribution in [-0.4, -0.2) is 60.9 Å². The lowest BCUT2D eigenvalue weighted by atomic mass is 10.0. The monoisotopic (exact) mass is 273 g/mol. The van der Waals surface area contributed by atoms with Crippen LogP contribution in [0, 0.1) is 5.92 Å². The standard InChI is InChI=1S/C13H23NO5/c1-3-18-8-9-19-11-4-6-14(7-5-11)12(15)10(2)13(16)17/h10-11H,3-9H2,1-2H3,(H,16,17). The Morgan fingerprint density at radius 3 is 2.47 bits per heavy atom. The van der Waals surface area contributed by atoms with E-state index in [2.05, 4.69) is 0 Å². The maximum absolute atomic E-state index is 11.8. The fourth-order valence-electron chi connectivity index (χ4n) is 2.04. The smallest absolute Gasteiger partial charge is 0.315 e. The van der Waals surface area contributed by atoms with E-state index in [9.17, 15) is 9.59 Å². The van der Waals surface area contributed by atoms with Crippen LogP contribution in [0.15, 0.2) is 0 Å². The molecule has 1 fully saturated rings. The molecule has 0 spiro atoms. The van der Waals surface area contributed by atoms with Crippen LogP contribution in [0.1, 0.15) is 26.7 Å². The summed E-state index contributed by atoms with van der Waals surface area (Å²) in [6.07, 6.45) is 1.65. The number of ether oxygens (including phenoxy) is 2. The van der Waals surface area contributed by atoms with Crippen molar-refractivity contribution in [1.82, 2.24) is 4.90 Å². The van der Waals surface area contributed by atoms with Gasteiger partial charge in [-0.05, 0) is 26.7 Å². The minimum absolute atomic E-state index is 0.143. The molecule has 1 aliphatic rings. The number of aliphatic carboxylic acids is 1. The van der Waals surface area contributed by atoms with Gasteiger partial charge in [-0.2, -0.15) is 0 Å². The number of hydrogen-bond donors (Lipinski definition) is 1. The molecule has 110 valence electrons. The SMILES string of the molecule is CCOCCOC1CCN(C(=O)C(C)C(=O)O)CC1. The lowest BCUT2D eigenvalue weighted by Crippen LogP contribution is -2.44. The van der Waals surface area contributed by atoms with Crippen LogP contribution in [0.5, 0.6) is 0 Å². The highest BCUT2D eigenvalue weighted by Gasteiger charge is 2.29. The highest BCUT2D eigenvalue weighted by Crippen LogP contribution is 2.16. The maximum Gasteiger partial charge on any atom is 0.315 e. The molecule has 1 unspecified atom stereocenters. The molecule has 1 aliphatic heterocycles. The number of nitrogens with zero attached hydrogens (tertiary/aromatic N) is 1. The van der Waals surface area contributed by atoms with E-state index in [4.69, 9.17) is 14.6 Å². The summed E-state index contributed by atoms with van der Waals surface area (Å²) in [6, 6.07) is 0. The summed E-state index contributed by atoms with van der Waals surface area (Å²) in [5.74, 6) is -2.34. The number of carboxylic acid groups (broad SMARTS) is 1. The second kappa shape index (κ2) is 8.12. The molecular formula is C13H23NO5. The fourth-order valence-corrected chi connectivity index (χ4v) is 2.04. The lowest BCUT2D eigenvalue weighted by Gasteiger charge is -2.32. The van der Waals surface area contributed by atoms with Gasteiger partial charge in [0.25, 0.3) is 0 Å². The van der Waals surface area contributed by atoms with E-state index in [1.54, 1.807) is 4.90 Å². The van der Waals surface area contributed by atoms with Crippen LogP contribution in [-0.2, 0) is 19.1 Å². The zero-order valence-electron chi connectivity index (χ0n) is 11.6. The van der Waals surface area contributed by atoms with Crippen molar-refractivity contribution in [3.8, 4) is 0 Å². The second-order valence-electron chi connectivity index (χ2n) is 4.65. The first-order valence-corrected chi connectivity index (χ1v) is 6.77. The predicted octanol–water partition coefficient (Wildman–Crippen LogP) is 0.751. The summed E-state index contributed by atoms with van der Waals surface area (Å²) in [6.45, 7) is 6.33. The van der Waals surface area contributed by atoms with E-state index >= 15 is 0 Å². The van der Waals surface area contributed by atoms with E-state index in [0.717, 1.165) is 12.8 Å². The van der Waals surface area contributed by atoms with Crippen LogP contribution >= 0.6 is 0 Å². The second-order valence-corrected chi connectivity index (χ2v) is 4.65. The highest BCUT2D eigenvalue weighted by molar-refractivity contribution is 5.96. The van der Waals surface area contributed by atoms with Gasteiger partial charge >= 0.3 is 5.97 Å². The van der Waals surface area contributed by atoms with Gasteiger partial charge in [-0.25, -0.2) is 0 Å². The molecule has 1 amide bonds. The third kappa shape index (κ3) is 5.16. The van der Waals surface area contributed by atoms with Gasteiger partial charge in [0.05, 0.1) is 19.3 Å². The third-order valence-electron chi connectivity index (χ3n) is 3.28. The van der Waals surface area contributed by atoms with Crippen molar-refractivity contribution in [2.24, 2.45) is 5.92 Å². The van der Waals surface area contributed by atoms with Crippen molar-refractivity contribution < 1.29 is 24.2 Å². The summed E-state index contributed by atoms with van der Waals surface area (Å²) in [5, 5.41) is 8.82. The minimum Gasteiger partial charge on any atom is -0.481 e. The van der Waals surface area contributed by atoms with Crippen molar-refractivity contribution in [2.75, 3.05) is 32.9 Å². The molecule has 0 aliphatic carbocycles. The number of rotatable bonds is 7. The molecule has 6 nitrogen and oxygen atoms in total. The van der Waals surface area contributed by atoms with Gasteiger partial charge in [0.15, 0.2) is 0 Å². The quantitative estimate of drug-likeness (QED) is 0.547. The molecule has 1 saturated heterocycles. The molecule has 0 aromatic carbocycles. The van der Waals surface area contributed by atoms with E-state index < -0.39 is 11.9 Å². The molecule has 1 rings (SSSR count). The summed E-state index contributed by atoms with van der Waals surface area (Å²) in [7, 11) is 0. The Balaban J connectivity index is 2.25. The van der Waals surface area contributed by atoms with Crippen molar-refractivity contribution in [1.29, 1.82) is 0 Å². The van der Waals surface area contributed by atoms with Crippen molar-refractivity contribution in [3.63, 3.8) is 0 Å². The number of carbonyl (C=O) groups is 2. The molecule has 0 aromatic rings. The topological polar surface area (TPSA) is 76.1 Å². The molecule has 0 saturated carbocycles. The molecule has 1 N–H and O–H groups in total. The number of piperidine rings is 1. The predicted molar refractivity (Wildman–Crippen MR) is 68.8 cm³/mol. The van der Waals surface area contributed by atoms with E-state index in [1.165, 1.54) is 6.92 Å². The van der Waals surface area contributed by atoms with Crippen LogP contribution in [0.2, 0.25) is 0 Å². The molecule has 19 heavy (non-hydrogen) atoms. The van der Waals surface area contributed by atoms with Crippen LogP contribution < -0.4 is 0 Å². The average Bonchev–Trinajstić information content (AvgIpc) is 2.42. The van der Waals surface area contributed by atoms with Gasteiger partial charge in [0.1, 0.15) is 5.92 Å². The average molecular weight is 273 g/mol. The molecule has 0 radical (unpaired) electrons. The third-order valence-corrected chi connectivity index (χ3v) is 3.28. The highest BCUT2D eigenvalue weighted by atomic mass is 16.5. The van der Waals surface area contributed by atoms with Crippen molar-refractivity contribution in [3.05, 3.63) is 0 Å². The van der Waals surface area contributed by atoms with Gasteiger partial charge in [0, 0.05) is 19.7 Å². The Morgan fingerprint density at radius 1 is 1.32 bits per heavy atom. The first kappa shape index (κ1) is 15.9. The largest absolute Gasteiger partial charge is 0.481 e. The number of carboxylic acids is 1. The first-order chi connectivity index (χ1) is 9.06. The van der Waals surface area contributed by atoms with Gasteiger partial charge in [-0.1, -0.05) is 0 Å². The van der Waals surface area contributed by atoms with E-state index in [0.29, 0.717) is 32.9 Å². The Morgan fingerprint density at radius 2 is 1.95 bits per heavy atom. The zero-order chi connectivity index (χ0) is 14.3. The number of likely N-dealkylation sites (tertiary alicyclic amines) is 1. The summed E-state index contributed by atoms with van der Waals surface area (Å²) in [4.78, 5) is 24.2. The number of hydrogen-bond acceptors (Lipinski definition) is 4.